The van der Waals surface area contributed by atoms with Gasteiger partial charge in [-0.25, -0.2) is 0 Å². The minimum atomic E-state index is -0.382. The van der Waals surface area contributed by atoms with E-state index in [9.17, 15) is 10.2 Å². The number of hydrogen-bond donors (Lipinski definition) is 2. The molecule has 2 nitrogen and oxygen atoms in total. The van der Waals surface area contributed by atoms with E-state index in [2.05, 4.69) is 41.5 Å². The summed E-state index contributed by atoms with van der Waals surface area (Å²) in [4.78, 5) is 0. The molecule has 0 aliphatic heterocycles. The van der Waals surface area contributed by atoms with Gasteiger partial charge in [-0.3, -0.25) is 0 Å². The molecule has 4 rings (SSSR count). The lowest BCUT2D eigenvalue weighted by molar-refractivity contribution is -0.156. The summed E-state index contributed by atoms with van der Waals surface area (Å²) in [6, 6.07) is 0. The molecule has 0 saturated heterocycles. The minimum Gasteiger partial charge on any atom is -0.393 e. The Balaban J connectivity index is 1.49. The topological polar surface area (TPSA) is 40.5 Å². The first kappa shape index (κ1) is 25.0. The van der Waals surface area contributed by atoms with Gasteiger partial charge in [0.1, 0.15) is 0 Å². The van der Waals surface area contributed by atoms with Gasteiger partial charge in [0.15, 0.2) is 0 Å². The van der Waals surface area contributed by atoms with Crippen LogP contribution in [0.4, 0.5) is 0 Å². The number of aliphatic hydroxyl groups is 2. The second-order valence-electron chi connectivity index (χ2n) is 13.6. The summed E-state index contributed by atoms with van der Waals surface area (Å²) in [5.41, 5.74) is 0.647. The van der Waals surface area contributed by atoms with E-state index in [1.807, 2.05) is 0 Å². The van der Waals surface area contributed by atoms with Gasteiger partial charge in [-0.1, -0.05) is 41.5 Å². The molecule has 0 amide bonds. The van der Waals surface area contributed by atoms with Crippen molar-refractivity contribution in [2.75, 3.05) is 0 Å². The first-order chi connectivity index (χ1) is 15.1. The van der Waals surface area contributed by atoms with E-state index < -0.39 is 0 Å². The van der Waals surface area contributed by atoms with Crippen molar-refractivity contribution in [3.05, 3.63) is 0 Å². The second-order valence-corrected chi connectivity index (χ2v) is 13.6. The summed E-state index contributed by atoms with van der Waals surface area (Å²) in [6.07, 6.45) is 16.2. The molecule has 4 aliphatic carbocycles. The van der Waals surface area contributed by atoms with Crippen molar-refractivity contribution >= 4 is 0 Å². The standard InChI is InChI=1S/C30H54O2/c1-7-29(32)18-17-28(6)22(19-29)10-11-23-25(28)15-16-30(8-2)24(12-13-26(23)30)21(5)9-14-27(31)20(3)4/h20-27,31-32H,7-19H2,1-6H3/t21-,22+,23-,24-,25+,26+,27+,28+,29+,30-/m1/s1. The predicted molar refractivity (Wildman–Crippen MR) is 134 cm³/mol. The molecule has 0 unspecified atom stereocenters. The van der Waals surface area contributed by atoms with Crippen molar-refractivity contribution in [3.8, 4) is 0 Å². The van der Waals surface area contributed by atoms with Crippen LogP contribution in [0.25, 0.3) is 0 Å². The second kappa shape index (κ2) is 9.18. The van der Waals surface area contributed by atoms with Gasteiger partial charge in [-0.2, -0.15) is 0 Å². The fraction of sp³-hybridized carbons (Fsp3) is 1.00. The van der Waals surface area contributed by atoms with Crippen molar-refractivity contribution in [1.82, 2.24) is 0 Å². The zero-order valence-electron chi connectivity index (χ0n) is 22.2. The maximum absolute atomic E-state index is 11.1. The maximum atomic E-state index is 11.1. The molecule has 0 aromatic heterocycles. The third kappa shape index (κ3) is 4.02. The van der Waals surface area contributed by atoms with Crippen molar-refractivity contribution in [3.63, 3.8) is 0 Å². The molecular weight excluding hydrogens is 392 g/mol. The Morgan fingerprint density at radius 3 is 2.25 bits per heavy atom. The van der Waals surface area contributed by atoms with Crippen LogP contribution in [0.5, 0.6) is 0 Å². The van der Waals surface area contributed by atoms with Crippen LogP contribution in [0.15, 0.2) is 0 Å². The average molecular weight is 447 g/mol. The summed E-state index contributed by atoms with van der Waals surface area (Å²) in [7, 11) is 0. The Hall–Kier alpha value is -0.0800. The van der Waals surface area contributed by atoms with Crippen LogP contribution in [0, 0.1) is 52.3 Å². The van der Waals surface area contributed by atoms with Gasteiger partial charge < -0.3 is 10.2 Å². The first-order valence-corrected chi connectivity index (χ1v) is 14.5. The molecule has 4 aliphatic rings. The summed E-state index contributed by atoms with van der Waals surface area (Å²) in [6.45, 7) is 14.1. The smallest absolute Gasteiger partial charge is 0.0648 e. The van der Waals surface area contributed by atoms with Crippen molar-refractivity contribution in [2.45, 2.75) is 137 Å². The Morgan fingerprint density at radius 1 is 0.844 bits per heavy atom. The molecule has 2 N–H and O–H groups in total. The highest BCUT2D eigenvalue weighted by Crippen LogP contribution is 2.70. The Kier molecular flexibility index (Phi) is 7.18. The van der Waals surface area contributed by atoms with E-state index in [1.165, 1.54) is 57.8 Å². The molecule has 0 bridgehead atoms. The summed E-state index contributed by atoms with van der Waals surface area (Å²) < 4.78 is 0. The van der Waals surface area contributed by atoms with Crippen LogP contribution >= 0.6 is 0 Å². The fourth-order valence-corrected chi connectivity index (χ4v) is 10.0. The van der Waals surface area contributed by atoms with E-state index >= 15 is 0 Å². The number of hydrogen-bond acceptors (Lipinski definition) is 2. The van der Waals surface area contributed by atoms with Gasteiger partial charge in [0, 0.05) is 0 Å². The van der Waals surface area contributed by atoms with Gasteiger partial charge >= 0.3 is 0 Å². The fourth-order valence-electron chi connectivity index (χ4n) is 10.0. The van der Waals surface area contributed by atoms with Crippen molar-refractivity contribution in [2.24, 2.45) is 52.3 Å². The molecule has 32 heavy (non-hydrogen) atoms. The summed E-state index contributed by atoms with van der Waals surface area (Å²) in [5.74, 6) is 5.47. The Morgan fingerprint density at radius 2 is 1.59 bits per heavy atom. The molecule has 4 saturated carbocycles. The molecule has 10 atom stereocenters. The molecular formula is C30H54O2. The zero-order valence-corrected chi connectivity index (χ0v) is 22.2. The summed E-state index contributed by atoms with van der Waals surface area (Å²) >= 11 is 0. The molecule has 0 spiro atoms. The molecule has 186 valence electrons. The molecule has 4 fully saturated rings. The number of rotatable bonds is 7. The third-order valence-electron chi connectivity index (χ3n) is 12.3. The van der Waals surface area contributed by atoms with Crippen LogP contribution in [-0.4, -0.2) is 21.9 Å². The molecule has 0 heterocycles. The first-order valence-electron chi connectivity index (χ1n) is 14.5. The number of aliphatic hydroxyl groups excluding tert-OH is 1. The van der Waals surface area contributed by atoms with Gasteiger partial charge in [-0.05, 0) is 136 Å². The van der Waals surface area contributed by atoms with Crippen LogP contribution in [0.2, 0.25) is 0 Å². The molecule has 0 aromatic rings. The van der Waals surface area contributed by atoms with Crippen LogP contribution < -0.4 is 0 Å². The lowest BCUT2D eigenvalue weighted by Crippen LogP contribution is -2.56. The highest BCUT2D eigenvalue weighted by molar-refractivity contribution is 5.11. The van der Waals surface area contributed by atoms with Crippen LogP contribution in [-0.2, 0) is 0 Å². The van der Waals surface area contributed by atoms with Crippen LogP contribution in [0.3, 0.4) is 0 Å². The molecule has 0 aromatic carbocycles. The monoisotopic (exact) mass is 446 g/mol. The lowest BCUT2D eigenvalue weighted by atomic mass is 9.43. The van der Waals surface area contributed by atoms with Crippen LogP contribution in [0.1, 0.15) is 125 Å². The van der Waals surface area contributed by atoms with Crippen molar-refractivity contribution in [1.29, 1.82) is 0 Å². The molecule has 2 heteroatoms. The maximum Gasteiger partial charge on any atom is 0.0648 e. The van der Waals surface area contributed by atoms with Gasteiger partial charge in [-0.15, -0.1) is 0 Å². The average Bonchev–Trinajstić information content (AvgIpc) is 3.18. The normalized spacial score (nSPS) is 48.1. The largest absolute Gasteiger partial charge is 0.393 e. The Labute approximate surface area is 199 Å². The predicted octanol–water partition coefficient (Wildman–Crippen LogP) is 7.61. The van der Waals surface area contributed by atoms with E-state index in [1.54, 1.807) is 0 Å². The van der Waals surface area contributed by atoms with Crippen molar-refractivity contribution < 1.29 is 10.2 Å². The quantitative estimate of drug-likeness (QED) is 0.422. The SMILES string of the molecule is CC[C@]1(O)CC[C@@]2(C)[C@@H](CC[C@@H]3[C@@H]2CC[C@]2(CC)[C@@H]([C@H](C)CC[C@H](O)C(C)C)CC[C@@H]32)C1. The minimum absolute atomic E-state index is 0.133. The highest BCUT2D eigenvalue weighted by atomic mass is 16.3. The lowest BCUT2D eigenvalue weighted by Gasteiger charge is -2.63. The van der Waals surface area contributed by atoms with Gasteiger partial charge in [0.05, 0.1) is 11.7 Å². The van der Waals surface area contributed by atoms with Gasteiger partial charge in [0.25, 0.3) is 0 Å². The summed E-state index contributed by atoms with van der Waals surface area (Å²) in [5, 5.41) is 21.5. The van der Waals surface area contributed by atoms with Gasteiger partial charge in [0.2, 0.25) is 0 Å². The zero-order chi connectivity index (χ0) is 23.3. The van der Waals surface area contributed by atoms with E-state index in [0.717, 1.165) is 61.2 Å². The number of fused-ring (bicyclic) bond motifs is 5. The van der Waals surface area contributed by atoms with E-state index in [4.69, 9.17) is 0 Å². The van der Waals surface area contributed by atoms with E-state index in [0.29, 0.717) is 16.7 Å². The van der Waals surface area contributed by atoms with E-state index in [-0.39, 0.29) is 11.7 Å². The highest BCUT2D eigenvalue weighted by Gasteiger charge is 2.62. The third-order valence-corrected chi connectivity index (χ3v) is 12.3. The Bertz CT molecular complexity index is 645. The molecule has 0 radical (unpaired) electrons.